The van der Waals surface area contributed by atoms with Gasteiger partial charge in [-0.05, 0) is 38.9 Å². The molecule has 0 unspecified atom stereocenters. The van der Waals surface area contributed by atoms with Crippen LogP contribution in [0.15, 0.2) is 18.2 Å². The van der Waals surface area contributed by atoms with Gasteiger partial charge in [-0.3, -0.25) is 0 Å². The number of hydrogen-bond acceptors (Lipinski definition) is 3. The Labute approximate surface area is 108 Å². The Bertz CT molecular complexity index is 420. The summed E-state index contributed by atoms with van der Waals surface area (Å²) < 4.78 is 19.1. The maximum Gasteiger partial charge on any atom is 0.146 e. The molecular formula is C14H21FN2O. The number of nitrogens with zero attached hydrogens (tertiary/aromatic N) is 1. The number of nitrogens with one attached hydrogen (secondary N) is 1. The van der Waals surface area contributed by atoms with Crippen molar-refractivity contribution in [1.29, 1.82) is 0 Å². The average molecular weight is 252 g/mol. The second-order valence-corrected chi connectivity index (χ2v) is 5.40. The Hall–Kier alpha value is -1.29. The molecule has 0 amide bonds. The van der Waals surface area contributed by atoms with Gasteiger partial charge in [0.05, 0.1) is 12.8 Å². The highest BCUT2D eigenvalue weighted by Crippen LogP contribution is 2.27. The third-order valence-corrected chi connectivity index (χ3v) is 3.29. The quantitative estimate of drug-likeness (QED) is 0.875. The number of anilines is 1. The van der Waals surface area contributed by atoms with Gasteiger partial charge in [0.25, 0.3) is 0 Å². The molecule has 18 heavy (non-hydrogen) atoms. The van der Waals surface area contributed by atoms with E-state index in [0.717, 1.165) is 26.1 Å². The second kappa shape index (κ2) is 5.14. The SMILES string of the molecule is COc1ccc(F)c(N2CCCNC(C)(C)C2)c1. The van der Waals surface area contributed by atoms with Crippen molar-refractivity contribution in [3.05, 3.63) is 24.0 Å². The summed E-state index contributed by atoms with van der Waals surface area (Å²) in [6, 6.07) is 4.90. The van der Waals surface area contributed by atoms with Gasteiger partial charge in [-0.25, -0.2) is 4.39 Å². The van der Waals surface area contributed by atoms with Crippen molar-refractivity contribution in [1.82, 2.24) is 5.32 Å². The summed E-state index contributed by atoms with van der Waals surface area (Å²) >= 11 is 0. The van der Waals surface area contributed by atoms with E-state index in [-0.39, 0.29) is 11.4 Å². The Kier molecular flexibility index (Phi) is 3.76. The molecular weight excluding hydrogens is 231 g/mol. The summed E-state index contributed by atoms with van der Waals surface area (Å²) in [5.74, 6) is 0.509. The first-order valence-corrected chi connectivity index (χ1v) is 6.35. The monoisotopic (exact) mass is 252 g/mol. The van der Waals surface area contributed by atoms with E-state index in [9.17, 15) is 4.39 Å². The molecule has 3 nitrogen and oxygen atoms in total. The molecule has 1 aromatic rings. The van der Waals surface area contributed by atoms with Crippen LogP contribution in [0.5, 0.6) is 5.75 Å². The van der Waals surface area contributed by atoms with Crippen LogP contribution in [0.25, 0.3) is 0 Å². The third-order valence-electron chi connectivity index (χ3n) is 3.29. The van der Waals surface area contributed by atoms with Gasteiger partial charge in [-0.15, -0.1) is 0 Å². The lowest BCUT2D eigenvalue weighted by Gasteiger charge is -2.31. The maximum atomic E-state index is 14.0. The molecule has 0 atom stereocenters. The smallest absolute Gasteiger partial charge is 0.146 e. The van der Waals surface area contributed by atoms with Crippen molar-refractivity contribution in [3.8, 4) is 5.75 Å². The van der Waals surface area contributed by atoms with Crippen molar-refractivity contribution < 1.29 is 9.13 Å². The van der Waals surface area contributed by atoms with Gasteiger partial charge >= 0.3 is 0 Å². The molecule has 100 valence electrons. The van der Waals surface area contributed by atoms with Gasteiger partial charge in [-0.2, -0.15) is 0 Å². The van der Waals surface area contributed by atoms with Gasteiger partial charge in [0.15, 0.2) is 0 Å². The summed E-state index contributed by atoms with van der Waals surface area (Å²) in [5.41, 5.74) is 0.623. The highest BCUT2D eigenvalue weighted by molar-refractivity contribution is 5.52. The summed E-state index contributed by atoms with van der Waals surface area (Å²) in [4.78, 5) is 2.10. The van der Waals surface area contributed by atoms with Crippen LogP contribution in [-0.2, 0) is 0 Å². The first-order chi connectivity index (χ1) is 8.52. The molecule has 4 heteroatoms. The van der Waals surface area contributed by atoms with Crippen LogP contribution in [0, 0.1) is 5.82 Å². The van der Waals surface area contributed by atoms with Crippen molar-refractivity contribution in [2.45, 2.75) is 25.8 Å². The van der Waals surface area contributed by atoms with Gasteiger partial charge in [-0.1, -0.05) is 0 Å². The Morgan fingerprint density at radius 2 is 2.17 bits per heavy atom. The number of hydrogen-bond donors (Lipinski definition) is 1. The lowest BCUT2D eigenvalue weighted by Crippen LogP contribution is -2.46. The number of rotatable bonds is 2. The fourth-order valence-electron chi connectivity index (χ4n) is 2.38. The van der Waals surface area contributed by atoms with Gasteiger partial charge in [0.1, 0.15) is 11.6 Å². The fourth-order valence-corrected chi connectivity index (χ4v) is 2.38. The third kappa shape index (κ3) is 2.93. The molecule has 0 saturated carbocycles. The van der Waals surface area contributed by atoms with Gasteiger partial charge in [0, 0.05) is 24.7 Å². The predicted octanol–water partition coefficient (Wildman–Crippen LogP) is 2.41. The Balaban J connectivity index is 2.28. The molecule has 0 bridgehead atoms. The standard InChI is InChI=1S/C14H21FN2O/c1-14(2)10-17(8-4-7-16-14)13-9-11(18-3)5-6-12(13)15/h5-6,9,16H,4,7-8,10H2,1-3H3. The summed E-state index contributed by atoms with van der Waals surface area (Å²) in [7, 11) is 1.60. The van der Waals surface area contributed by atoms with Gasteiger partial charge < -0.3 is 15.0 Å². The molecule has 0 radical (unpaired) electrons. The van der Waals surface area contributed by atoms with E-state index in [2.05, 4.69) is 24.1 Å². The van der Waals surface area contributed by atoms with E-state index in [1.54, 1.807) is 19.2 Å². The normalized spacial score (nSPS) is 19.4. The number of halogens is 1. The van der Waals surface area contributed by atoms with E-state index < -0.39 is 0 Å². The van der Waals surface area contributed by atoms with Crippen molar-refractivity contribution >= 4 is 5.69 Å². The minimum Gasteiger partial charge on any atom is -0.497 e. The van der Waals surface area contributed by atoms with Gasteiger partial charge in [0.2, 0.25) is 0 Å². The van der Waals surface area contributed by atoms with Crippen LogP contribution in [0.3, 0.4) is 0 Å². The van der Waals surface area contributed by atoms with Crippen LogP contribution < -0.4 is 15.0 Å². The lowest BCUT2D eigenvalue weighted by molar-refractivity contribution is 0.409. The van der Waals surface area contributed by atoms with E-state index in [4.69, 9.17) is 4.74 Å². The highest BCUT2D eigenvalue weighted by Gasteiger charge is 2.25. The van der Waals surface area contributed by atoms with Crippen molar-refractivity contribution in [2.24, 2.45) is 0 Å². The van der Waals surface area contributed by atoms with Crippen LogP contribution >= 0.6 is 0 Å². The average Bonchev–Trinajstić information content (AvgIpc) is 2.51. The van der Waals surface area contributed by atoms with Crippen molar-refractivity contribution in [3.63, 3.8) is 0 Å². The maximum absolute atomic E-state index is 14.0. The molecule has 1 aliphatic heterocycles. The largest absolute Gasteiger partial charge is 0.497 e. The lowest BCUT2D eigenvalue weighted by atomic mass is 10.1. The molecule has 1 aliphatic rings. The van der Waals surface area contributed by atoms with Crippen LogP contribution in [0.4, 0.5) is 10.1 Å². The molecule has 1 aromatic carbocycles. The topological polar surface area (TPSA) is 24.5 Å². The molecule has 1 saturated heterocycles. The molecule has 0 aromatic heterocycles. The highest BCUT2D eigenvalue weighted by atomic mass is 19.1. The van der Waals surface area contributed by atoms with E-state index >= 15 is 0 Å². The van der Waals surface area contributed by atoms with Crippen LogP contribution in [-0.4, -0.2) is 32.3 Å². The fraction of sp³-hybridized carbons (Fsp3) is 0.571. The molecule has 2 rings (SSSR count). The number of methoxy groups -OCH3 is 1. The summed E-state index contributed by atoms with van der Waals surface area (Å²) in [6.07, 6.45) is 1.01. The molecule has 1 fully saturated rings. The van der Waals surface area contributed by atoms with Crippen LogP contribution in [0.1, 0.15) is 20.3 Å². The zero-order valence-corrected chi connectivity index (χ0v) is 11.3. The van der Waals surface area contributed by atoms with E-state index in [1.807, 2.05) is 0 Å². The van der Waals surface area contributed by atoms with E-state index in [0.29, 0.717) is 11.4 Å². The first kappa shape index (κ1) is 13.1. The first-order valence-electron chi connectivity index (χ1n) is 6.35. The molecule has 0 aliphatic carbocycles. The summed E-state index contributed by atoms with van der Waals surface area (Å²) in [5, 5.41) is 3.47. The Morgan fingerprint density at radius 3 is 2.89 bits per heavy atom. The predicted molar refractivity (Wildman–Crippen MR) is 71.9 cm³/mol. The number of ether oxygens (including phenoxy) is 1. The zero-order chi connectivity index (χ0) is 13.2. The Morgan fingerprint density at radius 1 is 1.39 bits per heavy atom. The van der Waals surface area contributed by atoms with Crippen molar-refractivity contribution in [2.75, 3.05) is 31.6 Å². The molecule has 1 heterocycles. The molecule has 1 N–H and O–H groups in total. The zero-order valence-electron chi connectivity index (χ0n) is 11.3. The van der Waals surface area contributed by atoms with Crippen LogP contribution in [0.2, 0.25) is 0 Å². The minimum absolute atomic E-state index is 0.00792. The minimum atomic E-state index is -0.187. The van der Waals surface area contributed by atoms with E-state index in [1.165, 1.54) is 6.07 Å². The summed E-state index contributed by atoms with van der Waals surface area (Å²) in [6.45, 7) is 6.90. The number of benzene rings is 1. The molecule has 0 spiro atoms. The second-order valence-electron chi connectivity index (χ2n) is 5.40.